The highest BCUT2D eigenvalue weighted by atomic mass is 15.2. The highest BCUT2D eigenvalue weighted by molar-refractivity contribution is 5.45. The number of aryl methyl sites for hydroxylation is 3. The van der Waals surface area contributed by atoms with Crippen molar-refractivity contribution in [1.82, 2.24) is 14.6 Å². The Morgan fingerprint density at radius 1 is 1.00 bits per heavy atom. The highest BCUT2D eigenvalue weighted by Gasteiger charge is 2.02. The predicted molar refractivity (Wildman–Crippen MR) is 71.6 cm³/mol. The predicted octanol–water partition coefficient (Wildman–Crippen LogP) is 2.82. The van der Waals surface area contributed by atoms with Gasteiger partial charge in [-0.2, -0.15) is 5.10 Å². The Balaban J connectivity index is 1.80. The van der Waals surface area contributed by atoms with E-state index in [1.807, 2.05) is 22.8 Å². The summed E-state index contributed by atoms with van der Waals surface area (Å²) in [6, 6.07) is 14.5. The Labute approximate surface area is 106 Å². The summed E-state index contributed by atoms with van der Waals surface area (Å²) in [4.78, 5) is 4.40. The molecule has 90 valence electrons. The lowest BCUT2D eigenvalue weighted by Gasteiger charge is -2.02. The molecule has 3 aromatic rings. The quantitative estimate of drug-likeness (QED) is 0.701. The van der Waals surface area contributed by atoms with E-state index in [0.29, 0.717) is 0 Å². The number of fused-ring (bicyclic) bond motifs is 1. The van der Waals surface area contributed by atoms with Crippen LogP contribution < -0.4 is 0 Å². The van der Waals surface area contributed by atoms with Crippen LogP contribution in [0.1, 0.15) is 17.1 Å². The van der Waals surface area contributed by atoms with E-state index in [1.165, 1.54) is 5.56 Å². The van der Waals surface area contributed by atoms with Crippen LogP contribution in [0.2, 0.25) is 0 Å². The molecular weight excluding hydrogens is 222 g/mol. The normalized spacial score (nSPS) is 10.9. The number of rotatable bonds is 3. The van der Waals surface area contributed by atoms with E-state index in [-0.39, 0.29) is 0 Å². The zero-order chi connectivity index (χ0) is 12.4. The Hall–Kier alpha value is -2.16. The summed E-state index contributed by atoms with van der Waals surface area (Å²) < 4.78 is 1.95. The van der Waals surface area contributed by atoms with Crippen LogP contribution in [0, 0.1) is 6.92 Å². The van der Waals surface area contributed by atoms with Gasteiger partial charge in [0.1, 0.15) is 5.82 Å². The van der Waals surface area contributed by atoms with Crippen LogP contribution in [0.3, 0.4) is 0 Å². The molecule has 0 aliphatic heterocycles. The lowest BCUT2D eigenvalue weighted by atomic mass is 10.1. The zero-order valence-corrected chi connectivity index (χ0v) is 10.4. The molecule has 0 N–H and O–H groups in total. The first-order chi connectivity index (χ1) is 8.83. The third kappa shape index (κ3) is 2.12. The number of hydrogen-bond acceptors (Lipinski definition) is 2. The van der Waals surface area contributed by atoms with Gasteiger partial charge in [0.2, 0.25) is 0 Å². The minimum Gasteiger partial charge on any atom is -0.237 e. The van der Waals surface area contributed by atoms with Gasteiger partial charge in [0.05, 0.1) is 11.7 Å². The monoisotopic (exact) mass is 237 g/mol. The number of benzene rings is 1. The average Bonchev–Trinajstić information content (AvgIpc) is 2.79. The van der Waals surface area contributed by atoms with Gasteiger partial charge in [0, 0.05) is 12.1 Å². The van der Waals surface area contributed by atoms with Crippen molar-refractivity contribution in [3.63, 3.8) is 0 Å². The van der Waals surface area contributed by atoms with Crippen molar-refractivity contribution in [3.8, 4) is 0 Å². The largest absolute Gasteiger partial charge is 0.237 e. The van der Waals surface area contributed by atoms with Gasteiger partial charge in [-0.25, -0.2) is 9.50 Å². The maximum atomic E-state index is 4.56. The summed E-state index contributed by atoms with van der Waals surface area (Å²) >= 11 is 0. The fourth-order valence-electron chi connectivity index (χ4n) is 2.08. The third-order valence-electron chi connectivity index (χ3n) is 3.12. The van der Waals surface area contributed by atoms with E-state index in [4.69, 9.17) is 0 Å². The second-order valence-electron chi connectivity index (χ2n) is 4.47. The molecule has 1 aromatic carbocycles. The first-order valence-corrected chi connectivity index (χ1v) is 6.17. The lowest BCUT2D eigenvalue weighted by molar-refractivity contribution is 0.766. The number of nitrogens with zero attached hydrogens (tertiary/aromatic N) is 3. The molecule has 18 heavy (non-hydrogen) atoms. The van der Waals surface area contributed by atoms with Gasteiger partial charge < -0.3 is 0 Å². The smallest absolute Gasteiger partial charge is 0.149 e. The molecule has 0 radical (unpaired) electrons. The Kier molecular flexibility index (Phi) is 2.81. The van der Waals surface area contributed by atoms with Gasteiger partial charge in [0.15, 0.2) is 0 Å². The van der Waals surface area contributed by atoms with E-state index in [2.05, 4.69) is 47.3 Å². The second kappa shape index (κ2) is 4.61. The van der Waals surface area contributed by atoms with Gasteiger partial charge in [-0.15, -0.1) is 0 Å². The summed E-state index contributed by atoms with van der Waals surface area (Å²) in [6.07, 6.45) is 3.74. The van der Waals surface area contributed by atoms with Gasteiger partial charge in [-0.05, 0) is 31.0 Å². The van der Waals surface area contributed by atoms with E-state index in [1.54, 1.807) is 0 Å². The van der Waals surface area contributed by atoms with Crippen molar-refractivity contribution in [2.75, 3.05) is 0 Å². The minimum absolute atomic E-state index is 0.873. The van der Waals surface area contributed by atoms with Gasteiger partial charge >= 0.3 is 0 Å². The molecule has 0 aliphatic rings. The summed E-state index contributed by atoms with van der Waals surface area (Å²) in [6.45, 7) is 2.06. The maximum absolute atomic E-state index is 4.56. The molecule has 2 aromatic heterocycles. The third-order valence-corrected chi connectivity index (χ3v) is 3.12. The molecule has 0 aliphatic carbocycles. The highest BCUT2D eigenvalue weighted by Crippen LogP contribution is 2.08. The van der Waals surface area contributed by atoms with Crippen molar-refractivity contribution in [3.05, 3.63) is 65.7 Å². The SMILES string of the molecule is Cc1ccc2cnc(CCc3ccccc3)nn12. The standard InChI is InChI=1S/C15H15N3/c1-12-7-9-14-11-16-15(17-18(12)14)10-8-13-5-3-2-4-6-13/h2-7,9,11H,8,10H2,1H3. The topological polar surface area (TPSA) is 30.2 Å². The van der Waals surface area contributed by atoms with Gasteiger partial charge in [-0.3, -0.25) is 0 Å². The first kappa shape index (κ1) is 11.0. The van der Waals surface area contributed by atoms with E-state index in [0.717, 1.165) is 29.9 Å². The summed E-state index contributed by atoms with van der Waals surface area (Å²) in [7, 11) is 0. The molecular formula is C15H15N3. The van der Waals surface area contributed by atoms with Crippen molar-refractivity contribution < 1.29 is 0 Å². The fourth-order valence-corrected chi connectivity index (χ4v) is 2.08. The number of hydrogen-bond donors (Lipinski definition) is 0. The molecule has 0 fully saturated rings. The van der Waals surface area contributed by atoms with Crippen LogP contribution in [-0.2, 0) is 12.8 Å². The van der Waals surface area contributed by atoms with Crippen LogP contribution in [0.25, 0.3) is 5.52 Å². The summed E-state index contributed by atoms with van der Waals surface area (Å²) in [5, 5.41) is 4.56. The van der Waals surface area contributed by atoms with Gasteiger partial charge in [0.25, 0.3) is 0 Å². The van der Waals surface area contributed by atoms with Crippen LogP contribution in [0.15, 0.2) is 48.7 Å². The molecule has 0 spiro atoms. The molecule has 3 rings (SSSR count). The van der Waals surface area contributed by atoms with Crippen molar-refractivity contribution >= 4 is 5.52 Å². The second-order valence-corrected chi connectivity index (χ2v) is 4.47. The molecule has 0 saturated carbocycles. The van der Waals surface area contributed by atoms with Crippen molar-refractivity contribution in [1.29, 1.82) is 0 Å². The Morgan fingerprint density at radius 2 is 1.83 bits per heavy atom. The van der Waals surface area contributed by atoms with Crippen molar-refractivity contribution in [2.45, 2.75) is 19.8 Å². The fraction of sp³-hybridized carbons (Fsp3) is 0.200. The maximum Gasteiger partial charge on any atom is 0.149 e. The van der Waals surface area contributed by atoms with E-state index >= 15 is 0 Å². The first-order valence-electron chi connectivity index (χ1n) is 6.17. The Morgan fingerprint density at radius 3 is 2.67 bits per heavy atom. The van der Waals surface area contributed by atoms with Crippen LogP contribution in [0.5, 0.6) is 0 Å². The van der Waals surface area contributed by atoms with Crippen molar-refractivity contribution in [2.24, 2.45) is 0 Å². The average molecular weight is 237 g/mol. The van der Waals surface area contributed by atoms with E-state index in [9.17, 15) is 0 Å². The molecule has 3 heteroatoms. The number of aromatic nitrogens is 3. The van der Waals surface area contributed by atoms with Crippen LogP contribution in [0.4, 0.5) is 0 Å². The lowest BCUT2D eigenvalue weighted by Crippen LogP contribution is -2.03. The molecule has 0 amide bonds. The molecule has 0 bridgehead atoms. The van der Waals surface area contributed by atoms with Crippen LogP contribution in [-0.4, -0.2) is 14.6 Å². The zero-order valence-electron chi connectivity index (χ0n) is 10.4. The molecule has 0 saturated heterocycles. The Bertz CT molecular complexity index is 656. The molecule has 0 atom stereocenters. The molecule has 0 unspecified atom stereocenters. The van der Waals surface area contributed by atoms with E-state index < -0.39 is 0 Å². The minimum atomic E-state index is 0.873. The summed E-state index contributed by atoms with van der Waals surface area (Å²) in [5.74, 6) is 0.894. The molecule has 2 heterocycles. The van der Waals surface area contributed by atoms with Crippen LogP contribution >= 0.6 is 0 Å². The van der Waals surface area contributed by atoms with Gasteiger partial charge in [-0.1, -0.05) is 30.3 Å². The molecule has 3 nitrogen and oxygen atoms in total. The summed E-state index contributed by atoms with van der Waals surface area (Å²) in [5.41, 5.74) is 3.52.